The smallest absolute Gasteiger partial charge is 0.202 e. The molecular weight excluding hydrogens is 218 g/mol. The van der Waals surface area contributed by atoms with Crippen LogP contribution in [0.1, 0.15) is 0 Å². The summed E-state index contributed by atoms with van der Waals surface area (Å²) in [6, 6.07) is 10.4. The second-order valence-corrected chi connectivity index (χ2v) is 4.62. The van der Waals surface area contributed by atoms with E-state index in [4.69, 9.17) is 0 Å². The third-order valence-corrected chi connectivity index (χ3v) is 3.23. The van der Waals surface area contributed by atoms with E-state index in [1.165, 1.54) is 4.90 Å². The average molecular weight is 233 g/mol. The van der Waals surface area contributed by atoms with Crippen molar-refractivity contribution >= 4 is 17.7 Å². The molecule has 0 spiro atoms. The molecule has 0 amide bonds. The predicted molar refractivity (Wildman–Crippen MR) is 68.9 cm³/mol. The Bertz CT molecular complexity index is 425. The van der Waals surface area contributed by atoms with Crippen LogP contribution >= 0.6 is 11.8 Å². The van der Waals surface area contributed by atoms with E-state index in [2.05, 4.69) is 34.6 Å². The number of aryl methyl sites for hydroxylation is 1. The van der Waals surface area contributed by atoms with Crippen LogP contribution in [-0.2, 0) is 7.05 Å². The molecule has 0 saturated heterocycles. The molecular formula is C12H15N3S. The van der Waals surface area contributed by atoms with Crippen LogP contribution in [0.4, 0.5) is 5.95 Å². The molecule has 84 valence electrons. The van der Waals surface area contributed by atoms with Crippen LogP contribution in [0, 0.1) is 0 Å². The lowest BCUT2D eigenvalue weighted by Gasteiger charge is -2.05. The fraction of sp³-hybridized carbons (Fsp3) is 0.250. The monoisotopic (exact) mass is 233 g/mol. The van der Waals surface area contributed by atoms with Gasteiger partial charge in [0.1, 0.15) is 0 Å². The zero-order valence-electron chi connectivity index (χ0n) is 9.26. The van der Waals surface area contributed by atoms with Gasteiger partial charge in [0.25, 0.3) is 0 Å². The molecule has 0 fully saturated rings. The maximum Gasteiger partial charge on any atom is 0.202 e. The molecule has 0 aliphatic carbocycles. The number of hydrogen-bond donors (Lipinski definition) is 1. The topological polar surface area (TPSA) is 29.9 Å². The van der Waals surface area contributed by atoms with E-state index in [0.29, 0.717) is 0 Å². The van der Waals surface area contributed by atoms with Gasteiger partial charge in [0.2, 0.25) is 5.95 Å². The lowest BCUT2D eigenvalue weighted by atomic mass is 10.4. The third kappa shape index (κ3) is 3.03. The van der Waals surface area contributed by atoms with Crippen molar-refractivity contribution in [3.63, 3.8) is 0 Å². The summed E-state index contributed by atoms with van der Waals surface area (Å²) in [5, 5.41) is 3.29. The summed E-state index contributed by atoms with van der Waals surface area (Å²) < 4.78 is 1.98. The molecule has 1 aromatic carbocycles. The van der Waals surface area contributed by atoms with Gasteiger partial charge in [0.05, 0.1) is 0 Å². The van der Waals surface area contributed by atoms with Gasteiger partial charge in [-0.1, -0.05) is 18.2 Å². The minimum absolute atomic E-state index is 0.921. The van der Waals surface area contributed by atoms with Crippen molar-refractivity contribution in [2.75, 3.05) is 17.6 Å². The summed E-state index contributed by atoms with van der Waals surface area (Å²) in [4.78, 5) is 5.51. The molecule has 0 unspecified atom stereocenters. The Morgan fingerprint density at radius 2 is 2.12 bits per heavy atom. The molecule has 1 aromatic heterocycles. The van der Waals surface area contributed by atoms with Crippen molar-refractivity contribution in [2.45, 2.75) is 4.90 Å². The number of thioether (sulfide) groups is 1. The van der Waals surface area contributed by atoms with Crippen molar-refractivity contribution in [3.05, 3.63) is 42.7 Å². The van der Waals surface area contributed by atoms with Crippen molar-refractivity contribution < 1.29 is 0 Å². The Hall–Kier alpha value is -1.42. The standard InChI is InChI=1S/C12H15N3S/c1-15-9-7-13-12(15)14-8-10-16-11-5-3-2-4-6-11/h2-7,9H,8,10H2,1H3,(H,13,14). The van der Waals surface area contributed by atoms with Crippen LogP contribution in [0.25, 0.3) is 0 Å². The molecule has 0 radical (unpaired) electrons. The van der Waals surface area contributed by atoms with Gasteiger partial charge in [-0.2, -0.15) is 0 Å². The summed E-state index contributed by atoms with van der Waals surface area (Å²) in [5.41, 5.74) is 0. The van der Waals surface area contributed by atoms with Gasteiger partial charge in [-0.3, -0.25) is 0 Å². The highest BCUT2D eigenvalue weighted by Crippen LogP contribution is 2.16. The molecule has 0 saturated carbocycles. The summed E-state index contributed by atoms with van der Waals surface area (Å²) >= 11 is 1.85. The molecule has 1 heterocycles. The van der Waals surface area contributed by atoms with E-state index in [0.717, 1.165) is 18.2 Å². The Kier molecular flexibility index (Phi) is 3.88. The Morgan fingerprint density at radius 3 is 2.81 bits per heavy atom. The number of benzene rings is 1. The zero-order valence-corrected chi connectivity index (χ0v) is 10.1. The molecule has 4 heteroatoms. The minimum atomic E-state index is 0.921. The first-order valence-corrected chi connectivity index (χ1v) is 6.24. The van der Waals surface area contributed by atoms with Gasteiger partial charge in [-0.15, -0.1) is 11.8 Å². The van der Waals surface area contributed by atoms with Crippen LogP contribution in [0.3, 0.4) is 0 Å². The number of hydrogen-bond acceptors (Lipinski definition) is 3. The molecule has 0 aliphatic heterocycles. The number of aromatic nitrogens is 2. The van der Waals surface area contributed by atoms with Crippen molar-refractivity contribution in [3.8, 4) is 0 Å². The Balaban J connectivity index is 1.72. The van der Waals surface area contributed by atoms with Crippen molar-refractivity contribution in [1.82, 2.24) is 9.55 Å². The highest BCUT2D eigenvalue weighted by atomic mass is 32.2. The van der Waals surface area contributed by atoms with Crippen LogP contribution in [-0.4, -0.2) is 21.8 Å². The first-order chi connectivity index (χ1) is 7.86. The second kappa shape index (κ2) is 5.61. The van der Waals surface area contributed by atoms with Gasteiger partial charge in [-0.25, -0.2) is 4.98 Å². The number of rotatable bonds is 5. The van der Waals surface area contributed by atoms with E-state index in [1.54, 1.807) is 6.20 Å². The van der Waals surface area contributed by atoms with Crippen molar-refractivity contribution in [2.24, 2.45) is 7.05 Å². The lowest BCUT2D eigenvalue weighted by Crippen LogP contribution is -2.08. The molecule has 0 bridgehead atoms. The quantitative estimate of drug-likeness (QED) is 0.636. The predicted octanol–water partition coefficient (Wildman–Crippen LogP) is 2.62. The molecule has 1 N–H and O–H groups in total. The zero-order chi connectivity index (χ0) is 11.2. The van der Waals surface area contributed by atoms with Crippen LogP contribution in [0.5, 0.6) is 0 Å². The molecule has 2 rings (SSSR count). The third-order valence-electron chi connectivity index (χ3n) is 2.22. The Morgan fingerprint density at radius 1 is 1.31 bits per heavy atom. The van der Waals surface area contributed by atoms with Crippen LogP contribution in [0.15, 0.2) is 47.6 Å². The van der Waals surface area contributed by atoms with Gasteiger partial charge in [-0.05, 0) is 12.1 Å². The molecule has 3 nitrogen and oxygen atoms in total. The molecule has 16 heavy (non-hydrogen) atoms. The fourth-order valence-corrected chi connectivity index (χ4v) is 2.17. The van der Waals surface area contributed by atoms with E-state index < -0.39 is 0 Å². The largest absolute Gasteiger partial charge is 0.355 e. The fourth-order valence-electron chi connectivity index (χ4n) is 1.38. The highest BCUT2D eigenvalue weighted by molar-refractivity contribution is 7.99. The highest BCUT2D eigenvalue weighted by Gasteiger charge is 1.97. The normalized spacial score (nSPS) is 10.3. The summed E-state index contributed by atoms with van der Waals surface area (Å²) in [7, 11) is 1.99. The summed E-state index contributed by atoms with van der Waals surface area (Å²) in [5.74, 6) is 1.96. The minimum Gasteiger partial charge on any atom is -0.355 e. The first kappa shape index (κ1) is 11.1. The van der Waals surface area contributed by atoms with E-state index in [9.17, 15) is 0 Å². The van der Waals surface area contributed by atoms with E-state index in [1.807, 2.05) is 35.6 Å². The SMILES string of the molecule is Cn1ccnc1NCCSc1ccccc1. The maximum absolute atomic E-state index is 4.20. The van der Waals surface area contributed by atoms with Gasteiger partial charge >= 0.3 is 0 Å². The number of nitrogens with zero attached hydrogens (tertiary/aromatic N) is 2. The maximum atomic E-state index is 4.20. The van der Waals surface area contributed by atoms with E-state index in [-0.39, 0.29) is 0 Å². The average Bonchev–Trinajstić information content (AvgIpc) is 2.72. The molecule has 2 aromatic rings. The number of nitrogens with one attached hydrogen (secondary N) is 1. The first-order valence-electron chi connectivity index (χ1n) is 5.25. The second-order valence-electron chi connectivity index (χ2n) is 3.45. The lowest BCUT2D eigenvalue weighted by molar-refractivity contribution is 0.908. The Labute approximate surface area is 99.9 Å². The van der Waals surface area contributed by atoms with E-state index >= 15 is 0 Å². The number of anilines is 1. The molecule has 0 aliphatic rings. The van der Waals surface area contributed by atoms with Gasteiger partial charge in [0.15, 0.2) is 0 Å². The van der Waals surface area contributed by atoms with Crippen LogP contribution in [0.2, 0.25) is 0 Å². The number of imidazole rings is 1. The molecule has 0 atom stereocenters. The van der Waals surface area contributed by atoms with Crippen LogP contribution < -0.4 is 5.32 Å². The van der Waals surface area contributed by atoms with Crippen molar-refractivity contribution in [1.29, 1.82) is 0 Å². The summed E-state index contributed by atoms with van der Waals surface area (Å²) in [6.45, 7) is 0.921. The van der Waals surface area contributed by atoms with Gasteiger partial charge < -0.3 is 9.88 Å². The summed E-state index contributed by atoms with van der Waals surface area (Å²) in [6.07, 6.45) is 3.74. The van der Waals surface area contributed by atoms with Gasteiger partial charge in [0, 0.05) is 36.6 Å².